The van der Waals surface area contributed by atoms with Gasteiger partial charge in [0.1, 0.15) is 5.82 Å². The number of hydrogen-bond acceptors (Lipinski definition) is 3. The van der Waals surface area contributed by atoms with Gasteiger partial charge in [-0.25, -0.2) is 9.89 Å². The van der Waals surface area contributed by atoms with Crippen LogP contribution in [-0.2, 0) is 7.05 Å². The first-order valence-electron chi connectivity index (χ1n) is 3.83. The number of tetrazole rings is 1. The Morgan fingerprint density at radius 2 is 2.31 bits per heavy atom. The van der Waals surface area contributed by atoms with E-state index in [9.17, 15) is 4.79 Å². The minimum atomic E-state index is -0.329. The fourth-order valence-corrected chi connectivity index (χ4v) is 1.30. The molecule has 6 nitrogen and oxygen atoms in total. The van der Waals surface area contributed by atoms with Gasteiger partial charge in [0, 0.05) is 13.2 Å². The fraction of sp³-hybridized carbons (Fsp3) is 0.286. The Morgan fingerprint density at radius 1 is 1.54 bits per heavy atom. The maximum atomic E-state index is 11.2. The molecule has 0 atom stereocenters. The van der Waals surface area contributed by atoms with E-state index < -0.39 is 0 Å². The van der Waals surface area contributed by atoms with E-state index in [0.29, 0.717) is 0 Å². The van der Waals surface area contributed by atoms with Gasteiger partial charge >= 0.3 is 5.69 Å². The predicted molar refractivity (Wildman–Crippen MR) is 45.7 cm³/mol. The van der Waals surface area contributed by atoms with Crippen LogP contribution in [0.5, 0.6) is 0 Å². The minimum Gasteiger partial charge on any atom is -0.336 e. The van der Waals surface area contributed by atoms with Gasteiger partial charge in [0.15, 0.2) is 0 Å². The summed E-state index contributed by atoms with van der Waals surface area (Å²) in [6.07, 6.45) is 1.87. The molecule has 2 rings (SSSR count). The van der Waals surface area contributed by atoms with Crippen molar-refractivity contribution in [2.24, 2.45) is 7.05 Å². The molecule has 0 aliphatic rings. The lowest BCUT2D eigenvalue weighted by atomic mass is 10.4. The third-order valence-corrected chi connectivity index (χ3v) is 1.91. The molecule has 0 radical (unpaired) electrons. The Balaban J connectivity index is 2.71. The molecule has 0 saturated carbocycles. The van der Waals surface area contributed by atoms with Crippen molar-refractivity contribution in [2.45, 2.75) is 6.92 Å². The zero-order valence-corrected chi connectivity index (χ0v) is 7.35. The summed E-state index contributed by atoms with van der Waals surface area (Å²) in [6.45, 7) is 1.91. The molecule has 0 aliphatic carbocycles. The van der Waals surface area contributed by atoms with Crippen LogP contribution in [0, 0.1) is 6.92 Å². The van der Waals surface area contributed by atoms with Crippen molar-refractivity contribution in [3.8, 4) is 5.82 Å². The van der Waals surface area contributed by atoms with E-state index in [2.05, 4.69) is 15.5 Å². The monoisotopic (exact) mass is 179 g/mol. The smallest absolute Gasteiger partial charge is 0.336 e. The second-order valence-corrected chi connectivity index (χ2v) is 2.85. The highest BCUT2D eigenvalue weighted by atomic mass is 16.2. The van der Waals surface area contributed by atoms with Gasteiger partial charge in [-0.1, -0.05) is 0 Å². The molecule has 1 N–H and O–H groups in total. The number of nitrogens with one attached hydrogen (secondary N) is 1. The Bertz CT molecular complexity index is 458. The molecule has 2 heterocycles. The summed E-state index contributed by atoms with van der Waals surface area (Å²) < 4.78 is 3.05. The van der Waals surface area contributed by atoms with E-state index in [-0.39, 0.29) is 5.69 Å². The number of nitrogens with zero attached hydrogens (tertiary/aromatic N) is 4. The summed E-state index contributed by atoms with van der Waals surface area (Å²) in [6, 6.07) is 1.91. The van der Waals surface area contributed by atoms with Crippen LogP contribution >= 0.6 is 0 Å². The molecule has 68 valence electrons. The van der Waals surface area contributed by atoms with Gasteiger partial charge in [0.25, 0.3) is 0 Å². The predicted octanol–water partition coefficient (Wildman–Crippen LogP) is -0.397. The van der Waals surface area contributed by atoms with Crippen LogP contribution in [0.1, 0.15) is 5.56 Å². The number of aromatic amines is 1. The molecule has 0 saturated heterocycles. The quantitative estimate of drug-likeness (QED) is 0.647. The molecule has 0 bridgehead atoms. The van der Waals surface area contributed by atoms with Gasteiger partial charge in [-0.2, -0.15) is 0 Å². The number of H-pyrrole nitrogens is 1. The SMILES string of the molecule is Cc1ccn(C)c1-n1nn[nH]c1=O. The van der Waals surface area contributed by atoms with E-state index in [1.165, 1.54) is 4.68 Å². The van der Waals surface area contributed by atoms with Crippen LogP contribution in [0.4, 0.5) is 0 Å². The lowest BCUT2D eigenvalue weighted by Gasteiger charge is -2.00. The molecule has 6 heteroatoms. The zero-order valence-electron chi connectivity index (χ0n) is 7.35. The molecule has 0 aliphatic heterocycles. The molecule has 0 amide bonds. The van der Waals surface area contributed by atoms with Crippen molar-refractivity contribution in [1.29, 1.82) is 0 Å². The van der Waals surface area contributed by atoms with E-state index in [4.69, 9.17) is 0 Å². The minimum absolute atomic E-state index is 0.329. The Kier molecular flexibility index (Phi) is 1.54. The van der Waals surface area contributed by atoms with Gasteiger partial charge in [-0.05, 0) is 29.0 Å². The highest BCUT2D eigenvalue weighted by Crippen LogP contribution is 2.09. The number of rotatable bonds is 1. The van der Waals surface area contributed by atoms with Crippen molar-refractivity contribution in [1.82, 2.24) is 24.8 Å². The molecule has 0 spiro atoms. The van der Waals surface area contributed by atoms with E-state index in [0.717, 1.165) is 11.4 Å². The van der Waals surface area contributed by atoms with Crippen molar-refractivity contribution in [2.75, 3.05) is 0 Å². The van der Waals surface area contributed by atoms with Crippen LogP contribution in [0.2, 0.25) is 0 Å². The van der Waals surface area contributed by atoms with E-state index >= 15 is 0 Å². The standard InChI is InChI=1S/C7H9N5O/c1-5-3-4-11(2)6(5)12-7(13)8-9-10-12/h3-4H,1-2H3,(H,8,10,13). The molecule has 2 aromatic rings. The third-order valence-electron chi connectivity index (χ3n) is 1.91. The topological polar surface area (TPSA) is 68.5 Å². The highest BCUT2D eigenvalue weighted by molar-refractivity contribution is 5.33. The second-order valence-electron chi connectivity index (χ2n) is 2.85. The number of aryl methyl sites for hydroxylation is 2. The van der Waals surface area contributed by atoms with Crippen molar-refractivity contribution >= 4 is 0 Å². The number of hydrogen-bond donors (Lipinski definition) is 1. The maximum Gasteiger partial charge on any atom is 0.367 e. The van der Waals surface area contributed by atoms with Crippen molar-refractivity contribution in [3.63, 3.8) is 0 Å². The average Bonchev–Trinajstić information content (AvgIpc) is 2.60. The Hall–Kier alpha value is -1.85. The van der Waals surface area contributed by atoms with Gasteiger partial charge in [0.2, 0.25) is 0 Å². The summed E-state index contributed by atoms with van der Waals surface area (Å²) in [5.74, 6) is 0.735. The van der Waals surface area contributed by atoms with Crippen LogP contribution in [0.25, 0.3) is 5.82 Å². The fourth-order valence-electron chi connectivity index (χ4n) is 1.30. The molecular weight excluding hydrogens is 170 g/mol. The average molecular weight is 179 g/mol. The first-order chi connectivity index (χ1) is 6.20. The normalized spacial score (nSPS) is 10.6. The Morgan fingerprint density at radius 3 is 2.77 bits per heavy atom. The number of aromatic nitrogens is 5. The van der Waals surface area contributed by atoms with Crippen LogP contribution in [0.3, 0.4) is 0 Å². The third kappa shape index (κ3) is 1.07. The summed E-state index contributed by atoms with van der Waals surface area (Å²) in [7, 11) is 1.85. The first-order valence-corrected chi connectivity index (χ1v) is 3.83. The van der Waals surface area contributed by atoms with Gasteiger partial charge < -0.3 is 4.57 Å². The summed E-state index contributed by atoms with van der Waals surface area (Å²) in [4.78, 5) is 11.2. The van der Waals surface area contributed by atoms with E-state index in [1.54, 1.807) is 0 Å². The molecule has 0 fully saturated rings. The molecule has 0 aromatic carbocycles. The largest absolute Gasteiger partial charge is 0.367 e. The van der Waals surface area contributed by atoms with Crippen LogP contribution < -0.4 is 5.69 Å². The van der Waals surface area contributed by atoms with Gasteiger partial charge in [-0.15, -0.1) is 4.68 Å². The highest BCUT2D eigenvalue weighted by Gasteiger charge is 2.09. The summed E-state index contributed by atoms with van der Waals surface area (Å²) in [5.41, 5.74) is 0.656. The lowest BCUT2D eigenvalue weighted by Crippen LogP contribution is -2.19. The van der Waals surface area contributed by atoms with Crippen LogP contribution in [-0.4, -0.2) is 24.8 Å². The van der Waals surface area contributed by atoms with E-state index in [1.807, 2.05) is 30.8 Å². The molecule has 0 unspecified atom stereocenters. The van der Waals surface area contributed by atoms with Crippen molar-refractivity contribution in [3.05, 3.63) is 28.3 Å². The molecule has 13 heavy (non-hydrogen) atoms. The second kappa shape index (κ2) is 2.58. The summed E-state index contributed by atoms with van der Waals surface area (Å²) in [5, 5.41) is 9.32. The lowest BCUT2D eigenvalue weighted by molar-refractivity contribution is 0.716. The van der Waals surface area contributed by atoms with Gasteiger partial charge in [0.05, 0.1) is 0 Å². The zero-order chi connectivity index (χ0) is 9.42. The maximum absolute atomic E-state index is 11.2. The first kappa shape index (κ1) is 7.78. The molecule has 2 aromatic heterocycles. The van der Waals surface area contributed by atoms with Crippen molar-refractivity contribution < 1.29 is 0 Å². The van der Waals surface area contributed by atoms with Crippen LogP contribution in [0.15, 0.2) is 17.1 Å². The molecular formula is C7H9N5O. The van der Waals surface area contributed by atoms with Gasteiger partial charge in [-0.3, -0.25) is 0 Å². The Labute approximate surface area is 73.8 Å². The summed E-state index contributed by atoms with van der Waals surface area (Å²) >= 11 is 0.